The van der Waals surface area contributed by atoms with Crippen LogP contribution in [0.1, 0.15) is 49.4 Å². The number of rotatable bonds is 6. The van der Waals surface area contributed by atoms with E-state index in [4.69, 9.17) is 14.0 Å². The zero-order valence-electron chi connectivity index (χ0n) is 22.0. The third-order valence-corrected chi connectivity index (χ3v) is 7.24. The standard InChI is InChI=1S/C28H34N6O3/c1-5-10-30-25-20(14-29)13-21(15-31-25)27-32-26(33-37-27)24-7-6-19-8-11-34(12-9-23(19)18(24)2)22-16-35-28(3,4)36-17-22/h6-7,13,15,22H,5,8-12,16-17H2,1-4H3,(H,30,31). The summed E-state index contributed by atoms with van der Waals surface area (Å²) in [5.74, 6) is 0.959. The van der Waals surface area contributed by atoms with Crippen LogP contribution in [0.3, 0.4) is 0 Å². The van der Waals surface area contributed by atoms with Crippen molar-refractivity contribution in [2.24, 2.45) is 0 Å². The second-order valence-electron chi connectivity index (χ2n) is 10.2. The van der Waals surface area contributed by atoms with E-state index in [0.29, 0.717) is 41.9 Å². The molecule has 1 saturated heterocycles. The number of hydrogen-bond donors (Lipinski definition) is 1. The number of hydrogen-bond acceptors (Lipinski definition) is 9. The van der Waals surface area contributed by atoms with Crippen LogP contribution in [0, 0.1) is 18.3 Å². The molecule has 0 saturated carbocycles. The van der Waals surface area contributed by atoms with E-state index in [1.165, 1.54) is 16.7 Å². The van der Waals surface area contributed by atoms with E-state index in [9.17, 15) is 5.26 Å². The molecular weight excluding hydrogens is 468 g/mol. The summed E-state index contributed by atoms with van der Waals surface area (Å²) in [6.45, 7) is 12.2. The van der Waals surface area contributed by atoms with Gasteiger partial charge in [0.1, 0.15) is 11.9 Å². The Balaban J connectivity index is 1.34. The lowest BCUT2D eigenvalue weighted by Gasteiger charge is -2.39. The highest BCUT2D eigenvalue weighted by Gasteiger charge is 2.32. The average molecular weight is 503 g/mol. The zero-order valence-corrected chi connectivity index (χ0v) is 22.0. The second-order valence-corrected chi connectivity index (χ2v) is 10.2. The third-order valence-electron chi connectivity index (χ3n) is 7.24. The lowest BCUT2D eigenvalue weighted by molar-refractivity contribution is -0.263. The van der Waals surface area contributed by atoms with Crippen LogP contribution in [-0.4, -0.2) is 64.7 Å². The number of aromatic nitrogens is 3. The van der Waals surface area contributed by atoms with E-state index < -0.39 is 5.79 Å². The number of nitriles is 1. The van der Waals surface area contributed by atoms with Crippen molar-refractivity contribution in [3.8, 4) is 28.9 Å². The molecule has 194 valence electrons. The van der Waals surface area contributed by atoms with E-state index >= 15 is 0 Å². The van der Waals surface area contributed by atoms with Gasteiger partial charge in [-0.2, -0.15) is 10.2 Å². The van der Waals surface area contributed by atoms with Crippen LogP contribution in [0.15, 0.2) is 28.9 Å². The van der Waals surface area contributed by atoms with Crippen molar-refractivity contribution in [2.75, 3.05) is 38.2 Å². The van der Waals surface area contributed by atoms with Gasteiger partial charge in [-0.25, -0.2) is 4.98 Å². The lowest BCUT2D eigenvalue weighted by Crippen LogP contribution is -2.51. The van der Waals surface area contributed by atoms with Crippen molar-refractivity contribution < 1.29 is 14.0 Å². The van der Waals surface area contributed by atoms with E-state index in [-0.39, 0.29) is 6.04 Å². The first-order valence-electron chi connectivity index (χ1n) is 13.0. The number of nitrogens with one attached hydrogen (secondary N) is 1. The van der Waals surface area contributed by atoms with E-state index in [2.05, 4.69) is 57.4 Å². The Morgan fingerprint density at radius 2 is 1.97 bits per heavy atom. The summed E-state index contributed by atoms with van der Waals surface area (Å²) >= 11 is 0. The van der Waals surface area contributed by atoms with Crippen LogP contribution >= 0.6 is 0 Å². The predicted molar refractivity (Wildman–Crippen MR) is 140 cm³/mol. The minimum atomic E-state index is -0.500. The van der Waals surface area contributed by atoms with Crippen molar-refractivity contribution in [2.45, 2.75) is 58.8 Å². The Labute approximate surface area is 217 Å². The van der Waals surface area contributed by atoms with Crippen LogP contribution in [0.25, 0.3) is 22.8 Å². The molecule has 4 heterocycles. The fourth-order valence-corrected chi connectivity index (χ4v) is 5.03. The molecule has 0 amide bonds. The Hall–Kier alpha value is -3.32. The van der Waals surface area contributed by atoms with Gasteiger partial charge in [0.25, 0.3) is 5.89 Å². The summed E-state index contributed by atoms with van der Waals surface area (Å²) < 4.78 is 17.4. The topological polar surface area (TPSA) is 109 Å². The molecule has 1 aromatic carbocycles. The first-order valence-corrected chi connectivity index (χ1v) is 13.0. The fraction of sp³-hybridized carbons (Fsp3) is 0.500. The molecule has 9 heteroatoms. The van der Waals surface area contributed by atoms with Crippen molar-refractivity contribution in [3.63, 3.8) is 0 Å². The van der Waals surface area contributed by atoms with Crippen LogP contribution in [0.5, 0.6) is 0 Å². The minimum absolute atomic E-state index is 0.275. The van der Waals surface area contributed by atoms with Crippen molar-refractivity contribution in [1.82, 2.24) is 20.0 Å². The molecule has 2 aliphatic heterocycles. The van der Waals surface area contributed by atoms with E-state index in [1.54, 1.807) is 12.3 Å². The zero-order chi connectivity index (χ0) is 26.0. The Morgan fingerprint density at radius 1 is 1.19 bits per heavy atom. The van der Waals surface area contributed by atoms with Crippen molar-refractivity contribution in [1.29, 1.82) is 5.26 Å². The highest BCUT2D eigenvalue weighted by atomic mass is 16.7. The predicted octanol–water partition coefficient (Wildman–Crippen LogP) is 4.35. The molecule has 1 fully saturated rings. The molecule has 37 heavy (non-hydrogen) atoms. The smallest absolute Gasteiger partial charge is 0.259 e. The van der Waals surface area contributed by atoms with Gasteiger partial charge < -0.3 is 19.3 Å². The number of ether oxygens (including phenoxy) is 2. The normalized spacial score (nSPS) is 18.1. The number of fused-ring (bicyclic) bond motifs is 1. The van der Waals surface area contributed by atoms with Gasteiger partial charge in [-0.1, -0.05) is 24.2 Å². The monoisotopic (exact) mass is 502 g/mol. The van der Waals surface area contributed by atoms with Gasteiger partial charge in [-0.05, 0) is 62.8 Å². The van der Waals surface area contributed by atoms with Gasteiger partial charge >= 0.3 is 0 Å². The molecule has 0 radical (unpaired) electrons. The molecule has 0 bridgehead atoms. The van der Waals surface area contributed by atoms with E-state index in [0.717, 1.165) is 44.5 Å². The molecule has 9 nitrogen and oxygen atoms in total. The van der Waals surface area contributed by atoms with Crippen LogP contribution < -0.4 is 5.32 Å². The maximum absolute atomic E-state index is 9.56. The average Bonchev–Trinajstić information content (AvgIpc) is 3.28. The summed E-state index contributed by atoms with van der Waals surface area (Å²) in [5.41, 5.74) is 5.93. The summed E-state index contributed by atoms with van der Waals surface area (Å²) in [6, 6.07) is 8.49. The van der Waals surface area contributed by atoms with Crippen LogP contribution in [0.4, 0.5) is 5.82 Å². The molecular formula is C28H34N6O3. The van der Waals surface area contributed by atoms with E-state index in [1.807, 2.05) is 13.8 Å². The summed E-state index contributed by atoms with van der Waals surface area (Å²) in [7, 11) is 0. The second kappa shape index (κ2) is 10.6. The highest BCUT2D eigenvalue weighted by molar-refractivity contribution is 5.67. The number of nitrogens with zero attached hydrogens (tertiary/aromatic N) is 5. The largest absolute Gasteiger partial charge is 0.369 e. The molecule has 2 aromatic heterocycles. The molecule has 1 N–H and O–H groups in total. The lowest BCUT2D eigenvalue weighted by atomic mass is 9.93. The van der Waals surface area contributed by atoms with Gasteiger partial charge in [-0.3, -0.25) is 4.90 Å². The Morgan fingerprint density at radius 3 is 2.73 bits per heavy atom. The third kappa shape index (κ3) is 5.37. The van der Waals surface area contributed by atoms with Crippen molar-refractivity contribution in [3.05, 3.63) is 46.6 Å². The highest BCUT2D eigenvalue weighted by Crippen LogP contribution is 2.31. The first kappa shape index (κ1) is 25.3. The van der Waals surface area contributed by atoms with Crippen LogP contribution in [0.2, 0.25) is 0 Å². The summed E-state index contributed by atoms with van der Waals surface area (Å²) in [5, 5.41) is 17.0. The molecule has 0 spiro atoms. The van der Waals surface area contributed by atoms with Gasteiger partial charge in [0.2, 0.25) is 5.82 Å². The Bertz CT molecular complexity index is 1300. The fourth-order valence-electron chi connectivity index (χ4n) is 5.03. The van der Waals surface area contributed by atoms with Gasteiger partial charge in [0, 0.05) is 31.4 Å². The van der Waals surface area contributed by atoms with Gasteiger partial charge in [0.15, 0.2) is 5.79 Å². The maximum atomic E-state index is 9.56. The van der Waals surface area contributed by atoms with Gasteiger partial charge in [-0.15, -0.1) is 0 Å². The molecule has 3 aromatic rings. The number of anilines is 1. The molecule has 2 aliphatic rings. The van der Waals surface area contributed by atoms with Gasteiger partial charge in [0.05, 0.1) is 30.4 Å². The molecule has 0 unspecified atom stereocenters. The number of pyridine rings is 1. The minimum Gasteiger partial charge on any atom is -0.369 e. The molecule has 5 rings (SSSR count). The summed E-state index contributed by atoms with van der Waals surface area (Å²) in [4.78, 5) is 11.5. The first-order chi connectivity index (χ1) is 17.9. The van der Waals surface area contributed by atoms with Crippen LogP contribution in [-0.2, 0) is 22.3 Å². The quantitative estimate of drug-likeness (QED) is 0.526. The maximum Gasteiger partial charge on any atom is 0.259 e. The summed E-state index contributed by atoms with van der Waals surface area (Å²) in [6.07, 6.45) is 4.53. The van der Waals surface area contributed by atoms with Crippen molar-refractivity contribution >= 4 is 5.82 Å². The Kier molecular flexibility index (Phi) is 7.24. The molecule has 0 aliphatic carbocycles. The SMILES string of the molecule is CCCNc1ncc(-c2nc(-c3ccc4c(c3C)CCN(C3COC(C)(C)OC3)CC4)no2)cc1C#N. The number of benzene rings is 1. The molecule has 0 atom stereocenters.